The highest BCUT2D eigenvalue weighted by Gasteiger charge is 2.24. The van der Waals surface area contributed by atoms with Gasteiger partial charge >= 0.3 is 0 Å². The molecule has 0 unspecified atom stereocenters. The summed E-state index contributed by atoms with van der Waals surface area (Å²) in [5.74, 6) is -1.91. The predicted molar refractivity (Wildman–Crippen MR) is 86.0 cm³/mol. The highest BCUT2D eigenvalue weighted by Crippen LogP contribution is 2.25. The van der Waals surface area contributed by atoms with Crippen molar-refractivity contribution in [1.29, 1.82) is 0 Å². The largest absolute Gasteiger partial charge is 0.338 e. The van der Waals surface area contributed by atoms with E-state index in [0.717, 1.165) is 24.6 Å². The number of amides is 1. The van der Waals surface area contributed by atoms with E-state index in [1.807, 2.05) is 6.07 Å². The minimum atomic E-state index is -0.945. The first-order valence-corrected chi connectivity index (χ1v) is 7.82. The monoisotopic (exact) mass is 329 g/mol. The third kappa shape index (κ3) is 3.64. The van der Waals surface area contributed by atoms with Crippen molar-refractivity contribution in [3.05, 3.63) is 65.8 Å². The lowest BCUT2D eigenvalue weighted by atomic mass is 9.94. The van der Waals surface area contributed by atoms with Crippen molar-refractivity contribution in [2.45, 2.75) is 18.8 Å². The Bertz CT molecular complexity index is 749. The van der Waals surface area contributed by atoms with E-state index in [4.69, 9.17) is 0 Å². The van der Waals surface area contributed by atoms with Crippen LogP contribution in [0.1, 0.15) is 30.0 Å². The molecule has 3 rings (SSSR count). The van der Waals surface area contributed by atoms with Gasteiger partial charge in [0.25, 0.3) is 0 Å². The second kappa shape index (κ2) is 7.29. The zero-order valence-corrected chi connectivity index (χ0v) is 13.0. The molecule has 1 atom stereocenters. The Morgan fingerprint density at radius 1 is 1.29 bits per heavy atom. The van der Waals surface area contributed by atoms with Gasteiger partial charge in [-0.1, -0.05) is 12.1 Å². The lowest BCUT2D eigenvalue weighted by Gasteiger charge is -2.31. The molecule has 0 N–H and O–H groups in total. The summed E-state index contributed by atoms with van der Waals surface area (Å²) in [5, 5.41) is 0. The van der Waals surface area contributed by atoms with Crippen molar-refractivity contribution in [1.82, 2.24) is 14.9 Å². The number of piperidine rings is 1. The highest BCUT2D eigenvalue weighted by atomic mass is 19.2. The molecule has 0 saturated carbocycles. The molecule has 6 heteroatoms. The van der Waals surface area contributed by atoms with Crippen molar-refractivity contribution in [2.75, 3.05) is 13.1 Å². The number of halogens is 2. The maximum atomic E-state index is 13.6. The van der Waals surface area contributed by atoms with Crippen LogP contribution in [0.5, 0.6) is 0 Å². The zero-order valence-electron chi connectivity index (χ0n) is 13.0. The van der Waals surface area contributed by atoms with Crippen LogP contribution in [0.3, 0.4) is 0 Å². The standard InChI is InChI=1S/C18H17F2N3O/c19-15-5-1-3-13(18(15)20)6-7-17(24)23-10-2-4-14(11-23)16-8-9-21-12-22-16/h1,3,5-9,12,14H,2,4,10-11H2/b7-6+/t14-/m0/s1. The van der Waals surface area contributed by atoms with Gasteiger partial charge < -0.3 is 4.90 Å². The van der Waals surface area contributed by atoms with Gasteiger partial charge in [-0.2, -0.15) is 0 Å². The maximum Gasteiger partial charge on any atom is 0.246 e. The van der Waals surface area contributed by atoms with Crippen LogP contribution in [0, 0.1) is 11.6 Å². The van der Waals surface area contributed by atoms with Gasteiger partial charge in [-0.15, -0.1) is 0 Å². The third-order valence-corrected chi connectivity index (χ3v) is 4.14. The quantitative estimate of drug-likeness (QED) is 0.813. The van der Waals surface area contributed by atoms with E-state index >= 15 is 0 Å². The van der Waals surface area contributed by atoms with Crippen LogP contribution in [0.4, 0.5) is 8.78 Å². The van der Waals surface area contributed by atoms with Gasteiger partial charge in [-0.05, 0) is 31.1 Å². The average Bonchev–Trinajstić information content (AvgIpc) is 2.63. The van der Waals surface area contributed by atoms with Gasteiger partial charge in [0.15, 0.2) is 11.6 Å². The fraction of sp³-hybridized carbons (Fsp3) is 0.278. The van der Waals surface area contributed by atoms with Crippen molar-refractivity contribution < 1.29 is 13.6 Å². The number of likely N-dealkylation sites (tertiary alicyclic amines) is 1. The number of carbonyl (C=O) groups is 1. The average molecular weight is 329 g/mol. The molecule has 0 bridgehead atoms. The van der Waals surface area contributed by atoms with E-state index in [2.05, 4.69) is 9.97 Å². The maximum absolute atomic E-state index is 13.6. The first-order chi connectivity index (χ1) is 11.6. The number of nitrogens with zero attached hydrogens (tertiary/aromatic N) is 3. The van der Waals surface area contributed by atoms with E-state index in [0.29, 0.717) is 13.1 Å². The van der Waals surface area contributed by atoms with Gasteiger partial charge in [0.1, 0.15) is 6.33 Å². The Balaban J connectivity index is 1.68. The smallest absolute Gasteiger partial charge is 0.246 e. The van der Waals surface area contributed by atoms with Crippen LogP contribution in [0.15, 0.2) is 42.9 Å². The fourth-order valence-electron chi connectivity index (χ4n) is 2.88. The van der Waals surface area contributed by atoms with E-state index in [1.54, 1.807) is 11.1 Å². The van der Waals surface area contributed by atoms with E-state index < -0.39 is 11.6 Å². The Morgan fingerprint density at radius 2 is 2.17 bits per heavy atom. The van der Waals surface area contributed by atoms with Gasteiger partial charge in [0.2, 0.25) is 5.91 Å². The van der Waals surface area contributed by atoms with Crippen LogP contribution in [0.2, 0.25) is 0 Å². The summed E-state index contributed by atoms with van der Waals surface area (Å²) in [5.41, 5.74) is 0.982. The summed E-state index contributed by atoms with van der Waals surface area (Å²) in [4.78, 5) is 22.2. The van der Waals surface area contributed by atoms with Crippen LogP contribution in [0.25, 0.3) is 6.08 Å². The Kier molecular flexibility index (Phi) is 4.93. The van der Waals surface area contributed by atoms with Crippen molar-refractivity contribution in [3.8, 4) is 0 Å². The van der Waals surface area contributed by atoms with Gasteiger partial charge in [-0.25, -0.2) is 18.7 Å². The van der Waals surface area contributed by atoms with Crippen LogP contribution >= 0.6 is 0 Å². The predicted octanol–water partition coefficient (Wildman–Crippen LogP) is 3.17. The van der Waals surface area contributed by atoms with Crippen LogP contribution in [-0.2, 0) is 4.79 Å². The second-order valence-electron chi connectivity index (χ2n) is 5.73. The molecule has 4 nitrogen and oxygen atoms in total. The van der Waals surface area contributed by atoms with E-state index in [-0.39, 0.29) is 17.4 Å². The molecule has 1 aromatic carbocycles. The molecule has 0 radical (unpaired) electrons. The number of carbonyl (C=O) groups excluding carboxylic acids is 1. The van der Waals surface area contributed by atoms with Gasteiger partial charge in [0.05, 0.1) is 0 Å². The minimum Gasteiger partial charge on any atom is -0.338 e. The molecule has 1 saturated heterocycles. The summed E-state index contributed by atoms with van der Waals surface area (Å²) >= 11 is 0. The second-order valence-corrected chi connectivity index (χ2v) is 5.73. The molecule has 2 aromatic rings. The van der Waals surface area contributed by atoms with Gasteiger partial charge in [0, 0.05) is 42.5 Å². The van der Waals surface area contributed by atoms with Crippen LogP contribution in [-0.4, -0.2) is 33.9 Å². The summed E-state index contributed by atoms with van der Waals surface area (Å²) in [6.45, 7) is 1.21. The normalized spacial score (nSPS) is 18.1. The molecule has 1 aromatic heterocycles. The molecular weight excluding hydrogens is 312 g/mol. The van der Waals surface area contributed by atoms with E-state index in [9.17, 15) is 13.6 Å². The topological polar surface area (TPSA) is 46.1 Å². The highest BCUT2D eigenvalue weighted by molar-refractivity contribution is 5.91. The molecule has 0 spiro atoms. The molecule has 1 aliphatic heterocycles. The third-order valence-electron chi connectivity index (χ3n) is 4.14. The number of rotatable bonds is 3. The minimum absolute atomic E-state index is 0.0627. The Hall–Kier alpha value is -2.63. The first-order valence-electron chi connectivity index (χ1n) is 7.82. The van der Waals surface area contributed by atoms with Crippen molar-refractivity contribution >= 4 is 12.0 Å². The summed E-state index contributed by atoms with van der Waals surface area (Å²) < 4.78 is 26.8. The Labute approximate surface area is 138 Å². The summed E-state index contributed by atoms with van der Waals surface area (Å²) in [6, 6.07) is 5.75. The van der Waals surface area contributed by atoms with Crippen molar-refractivity contribution in [3.63, 3.8) is 0 Å². The lowest BCUT2D eigenvalue weighted by molar-refractivity contribution is -0.127. The van der Waals surface area contributed by atoms with Crippen LogP contribution < -0.4 is 0 Å². The summed E-state index contributed by atoms with van der Waals surface area (Å²) in [7, 11) is 0. The first kappa shape index (κ1) is 16.2. The lowest BCUT2D eigenvalue weighted by Crippen LogP contribution is -2.38. The Morgan fingerprint density at radius 3 is 2.96 bits per heavy atom. The molecule has 1 aliphatic rings. The molecule has 124 valence electrons. The molecule has 0 aliphatic carbocycles. The molecule has 1 amide bonds. The molecular formula is C18H17F2N3O. The summed E-state index contributed by atoms with van der Waals surface area (Å²) in [6.07, 6.45) is 7.64. The number of hydrogen-bond acceptors (Lipinski definition) is 3. The molecule has 2 heterocycles. The number of hydrogen-bond donors (Lipinski definition) is 0. The number of benzene rings is 1. The molecule has 1 fully saturated rings. The fourth-order valence-corrected chi connectivity index (χ4v) is 2.88. The van der Waals surface area contributed by atoms with E-state index in [1.165, 1.54) is 30.6 Å². The molecule has 24 heavy (non-hydrogen) atoms. The van der Waals surface area contributed by atoms with Gasteiger partial charge in [-0.3, -0.25) is 4.79 Å². The zero-order chi connectivity index (χ0) is 16.9. The SMILES string of the molecule is O=C(/C=C/c1cccc(F)c1F)N1CCC[C@H](c2ccncn2)C1. The number of aromatic nitrogens is 2. The van der Waals surface area contributed by atoms with Crippen molar-refractivity contribution in [2.24, 2.45) is 0 Å².